The second kappa shape index (κ2) is 6.23. The van der Waals surface area contributed by atoms with Crippen molar-refractivity contribution in [2.75, 3.05) is 20.6 Å². The van der Waals surface area contributed by atoms with Crippen molar-refractivity contribution in [1.29, 1.82) is 0 Å². The summed E-state index contributed by atoms with van der Waals surface area (Å²) < 4.78 is 0. The zero-order valence-corrected chi connectivity index (χ0v) is 13.9. The van der Waals surface area contributed by atoms with Gasteiger partial charge >= 0.3 is 0 Å². The van der Waals surface area contributed by atoms with Crippen LogP contribution in [0.1, 0.15) is 37.7 Å². The van der Waals surface area contributed by atoms with Gasteiger partial charge in [0.25, 0.3) is 0 Å². The minimum Gasteiger partial charge on any atom is -0.390 e. The van der Waals surface area contributed by atoms with Gasteiger partial charge in [-0.1, -0.05) is 29.3 Å². The Morgan fingerprint density at radius 2 is 2.00 bits per heavy atom. The maximum atomic E-state index is 10.4. The van der Waals surface area contributed by atoms with Gasteiger partial charge in [-0.05, 0) is 69.8 Å². The summed E-state index contributed by atoms with van der Waals surface area (Å²) in [7, 11) is 4.19. The summed E-state index contributed by atoms with van der Waals surface area (Å²) >= 11 is 12.2. The third-order valence-electron chi connectivity index (χ3n) is 4.25. The molecule has 1 fully saturated rings. The molecule has 2 nitrogen and oxygen atoms in total. The molecule has 3 atom stereocenters. The van der Waals surface area contributed by atoms with Gasteiger partial charge in [-0.3, -0.25) is 0 Å². The van der Waals surface area contributed by atoms with Gasteiger partial charge in [-0.25, -0.2) is 0 Å². The Labute approximate surface area is 131 Å². The molecule has 0 aromatic heterocycles. The first-order chi connectivity index (χ1) is 9.28. The Hall–Kier alpha value is -0.280. The molecule has 4 heteroatoms. The zero-order valence-electron chi connectivity index (χ0n) is 12.4. The molecular formula is C16H23Cl2NO. The topological polar surface area (TPSA) is 23.5 Å². The molecule has 0 aliphatic heterocycles. The van der Waals surface area contributed by atoms with Crippen LogP contribution in [0.15, 0.2) is 18.2 Å². The van der Waals surface area contributed by atoms with Gasteiger partial charge in [0.1, 0.15) is 0 Å². The van der Waals surface area contributed by atoms with E-state index in [4.69, 9.17) is 23.2 Å². The van der Waals surface area contributed by atoms with Crippen LogP contribution in [0.25, 0.3) is 0 Å². The van der Waals surface area contributed by atoms with E-state index in [-0.39, 0.29) is 0 Å². The normalized spacial score (nSPS) is 30.8. The second-order valence-corrected chi connectivity index (χ2v) is 7.36. The quantitative estimate of drug-likeness (QED) is 0.904. The van der Waals surface area contributed by atoms with E-state index in [0.717, 1.165) is 25.8 Å². The van der Waals surface area contributed by atoms with Crippen LogP contribution in [0.3, 0.4) is 0 Å². The fourth-order valence-electron chi connectivity index (χ4n) is 3.26. The first-order valence-electron chi connectivity index (χ1n) is 7.10. The molecule has 112 valence electrons. The van der Waals surface area contributed by atoms with Crippen LogP contribution in [0, 0.1) is 5.92 Å². The van der Waals surface area contributed by atoms with Gasteiger partial charge in [-0.15, -0.1) is 0 Å². The molecule has 1 saturated carbocycles. The number of hydrogen-bond donors (Lipinski definition) is 1. The largest absolute Gasteiger partial charge is 0.390 e. The van der Waals surface area contributed by atoms with Crippen molar-refractivity contribution >= 4 is 23.2 Å². The minimum atomic E-state index is -0.584. The summed E-state index contributed by atoms with van der Waals surface area (Å²) in [5.74, 6) is 0.874. The number of aliphatic hydroxyl groups is 1. The molecule has 1 aliphatic carbocycles. The fraction of sp³-hybridized carbons (Fsp3) is 0.625. The zero-order chi connectivity index (χ0) is 14.9. The molecule has 1 aromatic rings. The molecule has 0 amide bonds. The van der Waals surface area contributed by atoms with Crippen LogP contribution in [0.2, 0.25) is 10.0 Å². The Kier molecular flexibility index (Phi) is 5.01. The smallest absolute Gasteiger partial charge is 0.0625 e. The summed E-state index contributed by atoms with van der Waals surface area (Å²) in [5, 5.41) is 11.6. The highest BCUT2D eigenvalue weighted by atomic mass is 35.5. The van der Waals surface area contributed by atoms with E-state index in [1.54, 1.807) is 0 Å². The highest BCUT2D eigenvalue weighted by Gasteiger charge is 2.37. The Morgan fingerprint density at radius 1 is 1.30 bits per heavy atom. The molecule has 0 radical (unpaired) electrons. The molecule has 1 aromatic carbocycles. The standard InChI is InChI=1S/C16H23Cl2NO/c1-16(20)7-6-12(10-19(2)3)13(9-16)11-4-5-14(17)15(18)8-11/h4-5,8,12-13,20H,6-7,9-10H2,1-3H3. The average Bonchev–Trinajstić information content (AvgIpc) is 2.34. The van der Waals surface area contributed by atoms with Crippen LogP contribution in [0.4, 0.5) is 0 Å². The van der Waals surface area contributed by atoms with E-state index in [1.165, 1.54) is 5.56 Å². The number of benzene rings is 1. The number of halogens is 2. The molecule has 1 N–H and O–H groups in total. The summed E-state index contributed by atoms with van der Waals surface area (Å²) in [6, 6.07) is 5.86. The van der Waals surface area contributed by atoms with Crippen molar-refractivity contribution < 1.29 is 5.11 Å². The summed E-state index contributed by atoms with van der Waals surface area (Å²) in [5.41, 5.74) is 0.603. The van der Waals surface area contributed by atoms with Gasteiger partial charge in [-0.2, -0.15) is 0 Å². The third kappa shape index (κ3) is 3.88. The SMILES string of the molecule is CN(C)CC1CCC(C)(O)CC1c1ccc(Cl)c(Cl)c1. The lowest BCUT2D eigenvalue weighted by Gasteiger charge is -2.41. The van der Waals surface area contributed by atoms with Crippen LogP contribution in [-0.4, -0.2) is 36.2 Å². The maximum Gasteiger partial charge on any atom is 0.0625 e. The highest BCUT2D eigenvalue weighted by Crippen LogP contribution is 2.43. The molecule has 20 heavy (non-hydrogen) atoms. The molecule has 0 saturated heterocycles. The number of hydrogen-bond acceptors (Lipinski definition) is 2. The molecular weight excluding hydrogens is 293 g/mol. The summed E-state index contributed by atoms with van der Waals surface area (Å²) in [4.78, 5) is 2.22. The lowest BCUT2D eigenvalue weighted by Crippen LogP contribution is -2.39. The Morgan fingerprint density at radius 3 is 2.60 bits per heavy atom. The van der Waals surface area contributed by atoms with Crippen molar-refractivity contribution in [3.8, 4) is 0 Å². The van der Waals surface area contributed by atoms with Crippen LogP contribution in [-0.2, 0) is 0 Å². The number of nitrogens with zero attached hydrogens (tertiary/aromatic N) is 1. The van der Waals surface area contributed by atoms with E-state index in [1.807, 2.05) is 25.1 Å². The molecule has 1 aliphatic rings. The Bertz CT molecular complexity index is 474. The van der Waals surface area contributed by atoms with Crippen molar-refractivity contribution in [3.63, 3.8) is 0 Å². The van der Waals surface area contributed by atoms with Crippen LogP contribution < -0.4 is 0 Å². The van der Waals surface area contributed by atoms with E-state index >= 15 is 0 Å². The first kappa shape index (κ1) is 16.1. The van der Waals surface area contributed by atoms with E-state index < -0.39 is 5.60 Å². The number of rotatable bonds is 3. The van der Waals surface area contributed by atoms with E-state index in [0.29, 0.717) is 21.9 Å². The van der Waals surface area contributed by atoms with Crippen LogP contribution >= 0.6 is 23.2 Å². The molecule has 3 unspecified atom stereocenters. The predicted molar refractivity (Wildman–Crippen MR) is 85.7 cm³/mol. The second-order valence-electron chi connectivity index (χ2n) is 6.54. The third-order valence-corrected chi connectivity index (χ3v) is 4.99. The average molecular weight is 316 g/mol. The van der Waals surface area contributed by atoms with Crippen molar-refractivity contribution in [2.45, 2.75) is 37.7 Å². The van der Waals surface area contributed by atoms with Gasteiger partial charge in [0.15, 0.2) is 0 Å². The highest BCUT2D eigenvalue weighted by molar-refractivity contribution is 6.42. The van der Waals surface area contributed by atoms with E-state index in [9.17, 15) is 5.11 Å². The lowest BCUT2D eigenvalue weighted by molar-refractivity contribution is -0.00605. The lowest BCUT2D eigenvalue weighted by atomic mass is 9.69. The maximum absolute atomic E-state index is 10.4. The van der Waals surface area contributed by atoms with Crippen molar-refractivity contribution in [3.05, 3.63) is 33.8 Å². The monoisotopic (exact) mass is 315 g/mol. The molecule has 2 rings (SSSR count). The molecule has 0 bridgehead atoms. The predicted octanol–water partition coefficient (Wildman–Crippen LogP) is 4.19. The fourth-order valence-corrected chi connectivity index (χ4v) is 3.57. The first-order valence-corrected chi connectivity index (χ1v) is 7.86. The van der Waals surface area contributed by atoms with E-state index in [2.05, 4.69) is 19.0 Å². The minimum absolute atomic E-state index is 0.330. The van der Waals surface area contributed by atoms with Gasteiger partial charge < -0.3 is 10.0 Å². The molecule has 0 heterocycles. The van der Waals surface area contributed by atoms with Crippen molar-refractivity contribution in [2.24, 2.45) is 5.92 Å². The van der Waals surface area contributed by atoms with Crippen molar-refractivity contribution in [1.82, 2.24) is 4.90 Å². The van der Waals surface area contributed by atoms with Crippen LogP contribution in [0.5, 0.6) is 0 Å². The Balaban J connectivity index is 2.28. The van der Waals surface area contributed by atoms with Gasteiger partial charge in [0, 0.05) is 6.54 Å². The van der Waals surface area contributed by atoms with Gasteiger partial charge in [0.05, 0.1) is 15.6 Å². The molecule has 0 spiro atoms. The summed E-state index contributed by atoms with van der Waals surface area (Å²) in [6.45, 7) is 2.96. The van der Waals surface area contributed by atoms with Gasteiger partial charge in [0.2, 0.25) is 0 Å². The summed E-state index contributed by atoms with van der Waals surface area (Å²) in [6.07, 6.45) is 2.68.